The molecule has 1 atom stereocenters. The molecule has 0 spiro atoms. The predicted molar refractivity (Wildman–Crippen MR) is 96.1 cm³/mol. The fourth-order valence-electron chi connectivity index (χ4n) is 2.89. The summed E-state index contributed by atoms with van der Waals surface area (Å²) in [5.41, 5.74) is 0. The topological polar surface area (TPSA) is 49.4 Å². The van der Waals surface area contributed by atoms with Crippen molar-refractivity contribution < 1.29 is 9.59 Å². The van der Waals surface area contributed by atoms with Gasteiger partial charge >= 0.3 is 0 Å². The minimum atomic E-state index is 0.0399. The number of hydrogen-bond donors (Lipinski definition) is 1. The number of thioether (sulfide) groups is 1. The fraction of sp³-hybridized carbons (Fsp3) is 0.647. The summed E-state index contributed by atoms with van der Waals surface area (Å²) in [4.78, 5) is 28.5. The van der Waals surface area contributed by atoms with Crippen LogP contribution in [0.4, 0.5) is 0 Å². The molecule has 1 aromatic heterocycles. The Kier molecular flexibility index (Phi) is 5.64. The summed E-state index contributed by atoms with van der Waals surface area (Å²) in [5.74, 6) is 1.89. The van der Waals surface area contributed by atoms with E-state index in [1.54, 1.807) is 23.1 Å². The Balaban J connectivity index is 1.61. The van der Waals surface area contributed by atoms with Gasteiger partial charge in [-0.05, 0) is 50.0 Å². The molecule has 0 radical (unpaired) electrons. The molecule has 1 N–H and O–H groups in total. The van der Waals surface area contributed by atoms with E-state index in [0.29, 0.717) is 11.8 Å². The first-order valence-electron chi connectivity index (χ1n) is 8.47. The summed E-state index contributed by atoms with van der Waals surface area (Å²) in [6, 6.07) is 4.48. The van der Waals surface area contributed by atoms with Gasteiger partial charge in [-0.2, -0.15) is 11.8 Å². The summed E-state index contributed by atoms with van der Waals surface area (Å²) in [7, 11) is 0. The van der Waals surface area contributed by atoms with Gasteiger partial charge in [0, 0.05) is 17.5 Å². The van der Waals surface area contributed by atoms with Crippen LogP contribution in [0.15, 0.2) is 12.1 Å². The zero-order chi connectivity index (χ0) is 16.2. The molecule has 0 aromatic carbocycles. The summed E-state index contributed by atoms with van der Waals surface area (Å²) in [5, 5.41) is 3.03. The molecule has 4 nitrogen and oxygen atoms in total. The van der Waals surface area contributed by atoms with Gasteiger partial charge in [0.2, 0.25) is 5.91 Å². The van der Waals surface area contributed by atoms with Crippen LogP contribution in [0.5, 0.6) is 0 Å². The third kappa shape index (κ3) is 4.29. The number of likely N-dealkylation sites (tertiary alicyclic amines) is 1. The summed E-state index contributed by atoms with van der Waals surface area (Å²) in [6.07, 6.45) is 5.37. The van der Waals surface area contributed by atoms with Gasteiger partial charge in [-0.15, -0.1) is 11.3 Å². The fourth-order valence-corrected chi connectivity index (χ4v) is 4.72. The minimum absolute atomic E-state index is 0.0399. The molecule has 2 amide bonds. The smallest absolute Gasteiger partial charge is 0.261 e. The van der Waals surface area contributed by atoms with Crippen molar-refractivity contribution in [2.45, 2.75) is 51.1 Å². The number of carbonyl (C=O) groups excluding carboxylic acids is 2. The summed E-state index contributed by atoms with van der Waals surface area (Å²) >= 11 is 3.26. The van der Waals surface area contributed by atoms with Crippen molar-refractivity contribution in [1.82, 2.24) is 10.2 Å². The van der Waals surface area contributed by atoms with Crippen molar-refractivity contribution in [3.8, 4) is 0 Å². The molecule has 2 fully saturated rings. The first kappa shape index (κ1) is 16.8. The van der Waals surface area contributed by atoms with Gasteiger partial charge in [-0.3, -0.25) is 9.59 Å². The van der Waals surface area contributed by atoms with Crippen LogP contribution in [-0.4, -0.2) is 40.8 Å². The standard InChI is InChI=1S/C17H24N2O2S2/c1-2-10-22-11-16(20)19-9-3-4-13(19)14-7-8-15(23-14)17(21)18-12-5-6-12/h7-8,12-13H,2-6,9-11H2,1H3,(H,18,21). The average Bonchev–Trinajstić information content (AvgIpc) is 3.06. The molecule has 126 valence electrons. The molecular weight excluding hydrogens is 328 g/mol. The number of nitrogens with zero attached hydrogens (tertiary/aromatic N) is 1. The quantitative estimate of drug-likeness (QED) is 0.765. The van der Waals surface area contributed by atoms with Gasteiger partial charge < -0.3 is 10.2 Å². The van der Waals surface area contributed by atoms with Crippen LogP contribution >= 0.6 is 23.1 Å². The van der Waals surface area contributed by atoms with Crippen LogP contribution in [0.2, 0.25) is 0 Å². The molecule has 1 aliphatic heterocycles. The lowest BCUT2D eigenvalue weighted by Gasteiger charge is -2.23. The van der Waals surface area contributed by atoms with Crippen molar-refractivity contribution in [3.63, 3.8) is 0 Å². The molecule has 1 aromatic rings. The molecule has 2 aliphatic rings. The largest absolute Gasteiger partial charge is 0.349 e. The zero-order valence-corrected chi connectivity index (χ0v) is 15.2. The average molecular weight is 353 g/mol. The van der Waals surface area contributed by atoms with Gasteiger partial charge in [0.05, 0.1) is 16.7 Å². The van der Waals surface area contributed by atoms with E-state index < -0.39 is 0 Å². The van der Waals surface area contributed by atoms with Crippen LogP contribution in [0.25, 0.3) is 0 Å². The molecule has 1 aliphatic carbocycles. The van der Waals surface area contributed by atoms with E-state index in [1.807, 2.05) is 17.0 Å². The normalized spacial score (nSPS) is 20.7. The van der Waals surface area contributed by atoms with Gasteiger partial charge in [0.25, 0.3) is 5.91 Å². The van der Waals surface area contributed by atoms with Crippen molar-refractivity contribution in [2.24, 2.45) is 0 Å². The van der Waals surface area contributed by atoms with Crippen LogP contribution in [0.1, 0.15) is 59.6 Å². The van der Waals surface area contributed by atoms with Crippen molar-refractivity contribution in [2.75, 3.05) is 18.1 Å². The van der Waals surface area contributed by atoms with Gasteiger partial charge in [-0.1, -0.05) is 6.92 Å². The molecule has 1 saturated heterocycles. The van der Waals surface area contributed by atoms with Crippen LogP contribution in [-0.2, 0) is 4.79 Å². The van der Waals surface area contributed by atoms with Gasteiger partial charge in [0.15, 0.2) is 0 Å². The Morgan fingerprint density at radius 2 is 2.17 bits per heavy atom. The number of rotatable bonds is 7. The van der Waals surface area contributed by atoms with Crippen molar-refractivity contribution >= 4 is 34.9 Å². The third-order valence-corrected chi connectivity index (χ3v) is 6.57. The molecule has 2 heterocycles. The van der Waals surface area contributed by atoms with E-state index in [4.69, 9.17) is 0 Å². The lowest BCUT2D eigenvalue weighted by molar-refractivity contribution is -0.129. The Morgan fingerprint density at radius 1 is 1.35 bits per heavy atom. The Bertz CT molecular complexity index is 569. The second-order valence-corrected chi connectivity index (χ2v) is 8.47. The SMILES string of the molecule is CCCSCC(=O)N1CCCC1c1ccc(C(=O)NC2CC2)s1. The highest BCUT2D eigenvalue weighted by atomic mass is 32.2. The van der Waals surface area contributed by atoms with Crippen LogP contribution in [0, 0.1) is 0 Å². The Hall–Kier alpha value is -1.01. The van der Waals surface area contributed by atoms with Gasteiger partial charge in [-0.25, -0.2) is 0 Å². The monoisotopic (exact) mass is 352 g/mol. The number of hydrogen-bond acceptors (Lipinski definition) is 4. The van der Waals surface area contributed by atoms with E-state index >= 15 is 0 Å². The molecule has 3 rings (SSSR count). The number of thiophene rings is 1. The second-order valence-electron chi connectivity index (χ2n) is 6.25. The van der Waals surface area contributed by atoms with Crippen molar-refractivity contribution in [3.05, 3.63) is 21.9 Å². The maximum absolute atomic E-state index is 12.4. The maximum atomic E-state index is 12.4. The van der Waals surface area contributed by atoms with E-state index in [9.17, 15) is 9.59 Å². The Morgan fingerprint density at radius 3 is 2.91 bits per heavy atom. The van der Waals surface area contributed by atoms with E-state index in [-0.39, 0.29) is 17.9 Å². The van der Waals surface area contributed by atoms with Gasteiger partial charge in [0.1, 0.15) is 0 Å². The molecule has 0 bridgehead atoms. The molecule has 6 heteroatoms. The number of carbonyl (C=O) groups is 2. The molecule has 1 saturated carbocycles. The molecule has 23 heavy (non-hydrogen) atoms. The minimum Gasteiger partial charge on any atom is -0.349 e. The van der Waals surface area contributed by atoms with Crippen molar-refractivity contribution in [1.29, 1.82) is 0 Å². The van der Waals surface area contributed by atoms with Crippen LogP contribution < -0.4 is 5.32 Å². The second kappa shape index (κ2) is 7.71. The molecule has 1 unspecified atom stereocenters. The number of amides is 2. The Labute approximate surface area is 146 Å². The highest BCUT2D eigenvalue weighted by molar-refractivity contribution is 7.99. The lowest BCUT2D eigenvalue weighted by atomic mass is 10.2. The highest BCUT2D eigenvalue weighted by Crippen LogP contribution is 2.36. The van der Waals surface area contributed by atoms with Crippen LogP contribution in [0.3, 0.4) is 0 Å². The third-order valence-electron chi connectivity index (χ3n) is 4.24. The van der Waals surface area contributed by atoms with E-state index in [0.717, 1.165) is 54.2 Å². The lowest BCUT2D eigenvalue weighted by Crippen LogP contribution is -2.31. The van der Waals surface area contributed by atoms with E-state index in [1.165, 1.54) is 0 Å². The summed E-state index contributed by atoms with van der Waals surface area (Å²) < 4.78 is 0. The van der Waals surface area contributed by atoms with E-state index in [2.05, 4.69) is 12.2 Å². The number of nitrogens with one attached hydrogen (secondary N) is 1. The maximum Gasteiger partial charge on any atom is 0.261 e. The predicted octanol–water partition coefficient (Wildman–Crippen LogP) is 3.45. The first-order chi connectivity index (χ1) is 11.2. The first-order valence-corrected chi connectivity index (χ1v) is 10.4. The highest BCUT2D eigenvalue weighted by Gasteiger charge is 2.31. The zero-order valence-electron chi connectivity index (χ0n) is 13.5. The summed E-state index contributed by atoms with van der Waals surface area (Å²) in [6.45, 7) is 2.98. The molecular formula is C17H24N2O2S2.